The summed E-state index contributed by atoms with van der Waals surface area (Å²) < 4.78 is 5.57. The molecule has 1 N–H and O–H groups in total. The zero-order chi connectivity index (χ0) is 14.3. The second-order valence-electron chi connectivity index (χ2n) is 4.67. The van der Waals surface area contributed by atoms with Gasteiger partial charge in [-0.05, 0) is 45.4 Å². The van der Waals surface area contributed by atoms with Crippen molar-refractivity contribution in [3.8, 4) is 5.75 Å². The highest BCUT2D eigenvalue weighted by atomic mass is 16.6. The average Bonchev–Trinajstić information content (AvgIpc) is 2.37. The molecular formula is C14H22N2O3. The van der Waals surface area contributed by atoms with Crippen molar-refractivity contribution in [3.05, 3.63) is 33.9 Å². The lowest BCUT2D eigenvalue weighted by Gasteiger charge is -2.11. The molecule has 1 unspecified atom stereocenters. The van der Waals surface area contributed by atoms with Gasteiger partial charge in [0.25, 0.3) is 5.69 Å². The van der Waals surface area contributed by atoms with Gasteiger partial charge in [0, 0.05) is 17.7 Å². The number of rotatable bonds is 8. The predicted octanol–water partition coefficient (Wildman–Crippen LogP) is 3.06. The van der Waals surface area contributed by atoms with Crippen molar-refractivity contribution in [1.29, 1.82) is 0 Å². The van der Waals surface area contributed by atoms with Crippen LogP contribution in [0.25, 0.3) is 0 Å². The largest absolute Gasteiger partial charge is 0.494 e. The van der Waals surface area contributed by atoms with Gasteiger partial charge in [-0.3, -0.25) is 10.1 Å². The van der Waals surface area contributed by atoms with Crippen LogP contribution >= 0.6 is 0 Å². The van der Waals surface area contributed by atoms with Crippen molar-refractivity contribution < 1.29 is 9.66 Å². The molecule has 1 aromatic carbocycles. The Balaban J connectivity index is 2.34. The third kappa shape index (κ3) is 5.26. The van der Waals surface area contributed by atoms with E-state index in [1.54, 1.807) is 19.1 Å². The molecule has 0 saturated carbocycles. The highest BCUT2D eigenvalue weighted by Crippen LogP contribution is 2.22. The quantitative estimate of drug-likeness (QED) is 0.446. The van der Waals surface area contributed by atoms with Crippen LogP contribution in [-0.4, -0.2) is 24.1 Å². The van der Waals surface area contributed by atoms with Gasteiger partial charge in [-0.15, -0.1) is 0 Å². The fraction of sp³-hybridized carbons (Fsp3) is 0.571. The van der Waals surface area contributed by atoms with Crippen molar-refractivity contribution in [3.63, 3.8) is 0 Å². The monoisotopic (exact) mass is 266 g/mol. The molecule has 0 fully saturated rings. The molecule has 1 rings (SSSR count). The fourth-order valence-electron chi connectivity index (χ4n) is 1.68. The Morgan fingerprint density at radius 2 is 2.21 bits per heavy atom. The Bertz CT molecular complexity index is 421. The predicted molar refractivity (Wildman–Crippen MR) is 75.7 cm³/mol. The summed E-state index contributed by atoms with van der Waals surface area (Å²) in [6.45, 7) is 7.55. The van der Waals surface area contributed by atoms with E-state index in [0.29, 0.717) is 24.0 Å². The van der Waals surface area contributed by atoms with Crippen LogP contribution < -0.4 is 10.1 Å². The zero-order valence-electron chi connectivity index (χ0n) is 11.8. The molecule has 19 heavy (non-hydrogen) atoms. The minimum absolute atomic E-state index is 0.130. The Morgan fingerprint density at radius 3 is 2.79 bits per heavy atom. The van der Waals surface area contributed by atoms with Crippen LogP contribution in [0.15, 0.2) is 18.2 Å². The Kier molecular flexibility index (Phi) is 6.29. The maximum absolute atomic E-state index is 10.7. The normalized spacial score (nSPS) is 12.2. The molecule has 0 aliphatic rings. The maximum atomic E-state index is 10.7. The van der Waals surface area contributed by atoms with Gasteiger partial charge in [-0.2, -0.15) is 0 Å². The first-order valence-corrected chi connectivity index (χ1v) is 6.65. The van der Waals surface area contributed by atoms with Gasteiger partial charge in [-0.25, -0.2) is 0 Å². The summed E-state index contributed by atoms with van der Waals surface area (Å²) in [6, 6.07) is 5.37. The fourth-order valence-corrected chi connectivity index (χ4v) is 1.68. The lowest BCUT2D eigenvalue weighted by molar-refractivity contribution is -0.385. The van der Waals surface area contributed by atoms with Crippen LogP contribution in [0.3, 0.4) is 0 Å². The summed E-state index contributed by atoms with van der Waals surface area (Å²) >= 11 is 0. The average molecular weight is 266 g/mol. The van der Waals surface area contributed by atoms with Crippen molar-refractivity contribution in [2.75, 3.05) is 13.2 Å². The molecule has 0 aromatic heterocycles. The van der Waals surface area contributed by atoms with E-state index >= 15 is 0 Å². The smallest absolute Gasteiger partial charge is 0.272 e. The summed E-state index contributed by atoms with van der Waals surface area (Å²) in [5.41, 5.74) is 0.756. The molecule has 1 aromatic rings. The van der Waals surface area contributed by atoms with Crippen LogP contribution in [0, 0.1) is 17.0 Å². The van der Waals surface area contributed by atoms with Gasteiger partial charge in [0.2, 0.25) is 0 Å². The van der Waals surface area contributed by atoms with Crippen LogP contribution in [0.1, 0.15) is 32.3 Å². The number of hydrogen-bond acceptors (Lipinski definition) is 4. The third-order valence-corrected chi connectivity index (χ3v) is 3.06. The Morgan fingerprint density at radius 1 is 1.47 bits per heavy atom. The number of nitro groups is 1. The second-order valence-corrected chi connectivity index (χ2v) is 4.67. The summed E-state index contributed by atoms with van der Waals surface area (Å²) in [6.07, 6.45) is 2.03. The molecule has 5 heteroatoms. The lowest BCUT2D eigenvalue weighted by Crippen LogP contribution is -2.27. The molecule has 0 radical (unpaired) electrons. The lowest BCUT2D eigenvalue weighted by atomic mass is 10.2. The number of nitrogens with one attached hydrogen (secondary N) is 1. The molecule has 106 valence electrons. The number of nitrogens with zero attached hydrogens (tertiary/aromatic N) is 1. The summed E-state index contributed by atoms with van der Waals surface area (Å²) in [4.78, 5) is 10.3. The molecule has 5 nitrogen and oxygen atoms in total. The number of ether oxygens (including phenoxy) is 1. The molecule has 0 amide bonds. The highest BCUT2D eigenvalue weighted by molar-refractivity contribution is 5.44. The van der Waals surface area contributed by atoms with E-state index in [4.69, 9.17) is 4.74 Å². The summed E-state index contributed by atoms with van der Waals surface area (Å²) in [7, 11) is 0. The van der Waals surface area contributed by atoms with Crippen LogP contribution in [0.2, 0.25) is 0 Å². The van der Waals surface area contributed by atoms with Crippen LogP contribution in [0.4, 0.5) is 5.69 Å². The first kappa shape index (κ1) is 15.4. The van der Waals surface area contributed by atoms with Gasteiger partial charge in [0.05, 0.1) is 11.5 Å². The van der Waals surface area contributed by atoms with E-state index in [0.717, 1.165) is 19.4 Å². The highest BCUT2D eigenvalue weighted by Gasteiger charge is 2.10. The van der Waals surface area contributed by atoms with E-state index < -0.39 is 0 Å². The molecule has 0 aliphatic carbocycles. The van der Waals surface area contributed by atoms with E-state index in [1.807, 2.05) is 0 Å². The Labute approximate surface area is 114 Å². The van der Waals surface area contributed by atoms with E-state index in [2.05, 4.69) is 19.2 Å². The first-order valence-electron chi connectivity index (χ1n) is 6.65. The molecule has 0 spiro atoms. The minimum Gasteiger partial charge on any atom is -0.494 e. The maximum Gasteiger partial charge on any atom is 0.272 e. The van der Waals surface area contributed by atoms with Crippen LogP contribution in [0.5, 0.6) is 5.75 Å². The molecule has 0 heterocycles. The number of benzene rings is 1. The molecule has 0 aliphatic heterocycles. The van der Waals surface area contributed by atoms with E-state index in [-0.39, 0.29) is 10.6 Å². The van der Waals surface area contributed by atoms with Crippen LogP contribution in [-0.2, 0) is 0 Å². The first-order chi connectivity index (χ1) is 9.04. The van der Waals surface area contributed by atoms with Gasteiger partial charge < -0.3 is 10.1 Å². The number of hydrogen-bond donors (Lipinski definition) is 1. The second kappa shape index (κ2) is 7.74. The van der Waals surface area contributed by atoms with E-state index in [1.165, 1.54) is 6.07 Å². The molecule has 1 atom stereocenters. The SMILES string of the molecule is CCC(C)NCCCOc1ccc([N+](=O)[O-])c(C)c1. The van der Waals surface area contributed by atoms with E-state index in [9.17, 15) is 10.1 Å². The van der Waals surface area contributed by atoms with Gasteiger partial charge >= 0.3 is 0 Å². The van der Waals surface area contributed by atoms with Gasteiger partial charge in [0.1, 0.15) is 5.75 Å². The van der Waals surface area contributed by atoms with Gasteiger partial charge in [0.15, 0.2) is 0 Å². The molecular weight excluding hydrogens is 244 g/mol. The number of aryl methyl sites for hydroxylation is 1. The van der Waals surface area contributed by atoms with Crippen molar-refractivity contribution in [1.82, 2.24) is 5.32 Å². The minimum atomic E-state index is -0.380. The number of nitro benzene ring substituents is 1. The molecule has 0 saturated heterocycles. The zero-order valence-corrected chi connectivity index (χ0v) is 11.8. The summed E-state index contributed by atoms with van der Waals surface area (Å²) in [5.74, 6) is 0.687. The van der Waals surface area contributed by atoms with Crippen molar-refractivity contribution >= 4 is 5.69 Å². The van der Waals surface area contributed by atoms with Gasteiger partial charge in [-0.1, -0.05) is 6.92 Å². The standard InChI is InChI=1S/C14H22N2O3/c1-4-12(3)15-8-5-9-19-13-6-7-14(16(17)18)11(2)10-13/h6-7,10,12,15H,4-5,8-9H2,1-3H3. The molecule has 0 bridgehead atoms. The Hall–Kier alpha value is -1.62. The topological polar surface area (TPSA) is 64.4 Å². The van der Waals surface area contributed by atoms with Crippen molar-refractivity contribution in [2.24, 2.45) is 0 Å². The van der Waals surface area contributed by atoms with Crippen molar-refractivity contribution in [2.45, 2.75) is 39.7 Å². The summed E-state index contributed by atoms with van der Waals surface area (Å²) in [5, 5.41) is 14.1. The third-order valence-electron chi connectivity index (χ3n) is 3.06.